The van der Waals surface area contributed by atoms with E-state index in [1.165, 1.54) is 4.68 Å². The fraction of sp³-hybridized carbons (Fsp3) is 0.158. The number of aromatic nitrogens is 3. The monoisotopic (exact) mass is 363 g/mol. The first-order valence-corrected chi connectivity index (χ1v) is 8.41. The minimum absolute atomic E-state index is 0.0392. The van der Waals surface area contributed by atoms with Crippen molar-refractivity contribution < 1.29 is 14.3 Å². The van der Waals surface area contributed by atoms with Crippen molar-refractivity contribution in [3.05, 3.63) is 54.6 Å². The van der Waals surface area contributed by atoms with Crippen LogP contribution in [-0.2, 0) is 9.59 Å². The van der Waals surface area contributed by atoms with Crippen LogP contribution in [0.4, 0.5) is 11.6 Å². The third-order valence-corrected chi connectivity index (χ3v) is 4.25. The van der Waals surface area contributed by atoms with Gasteiger partial charge in [0.05, 0.1) is 13.5 Å². The van der Waals surface area contributed by atoms with Gasteiger partial charge in [0, 0.05) is 11.3 Å². The molecule has 2 amide bonds. The molecule has 1 atom stereocenters. The van der Waals surface area contributed by atoms with Gasteiger partial charge in [0.1, 0.15) is 11.8 Å². The summed E-state index contributed by atoms with van der Waals surface area (Å²) >= 11 is 0. The Balaban J connectivity index is 1.49. The number of nitrogens with zero attached hydrogens (tertiary/aromatic N) is 3. The lowest BCUT2D eigenvalue weighted by atomic mass is 10.2. The topological polar surface area (TPSA) is 98.1 Å². The van der Waals surface area contributed by atoms with Crippen LogP contribution in [0.1, 0.15) is 12.5 Å². The summed E-state index contributed by atoms with van der Waals surface area (Å²) in [6, 6.07) is 15.7. The van der Waals surface area contributed by atoms with Crippen molar-refractivity contribution >= 4 is 23.5 Å². The average Bonchev–Trinajstić information content (AvgIpc) is 3.22. The molecule has 1 aliphatic heterocycles. The fourth-order valence-electron chi connectivity index (χ4n) is 2.88. The lowest BCUT2D eigenvalue weighted by Gasteiger charge is -2.10. The molecule has 136 valence electrons. The predicted molar refractivity (Wildman–Crippen MR) is 99.4 cm³/mol. The smallest absolute Gasteiger partial charge is 0.252 e. The second-order valence-electron chi connectivity index (χ2n) is 6.06. The van der Waals surface area contributed by atoms with E-state index in [4.69, 9.17) is 4.74 Å². The molecule has 0 radical (unpaired) electrons. The molecule has 0 saturated heterocycles. The Labute approximate surface area is 155 Å². The Hall–Kier alpha value is -3.68. The number of ether oxygens (including phenoxy) is 1. The molecule has 0 aliphatic carbocycles. The van der Waals surface area contributed by atoms with Crippen molar-refractivity contribution in [2.24, 2.45) is 0 Å². The van der Waals surface area contributed by atoms with Crippen LogP contribution in [0.15, 0.2) is 54.6 Å². The SMILES string of the molecule is COc1ccc(NC(=O)C[C@H]2C(=O)Nc3nc(-c4ccccc4)nn32)cc1. The van der Waals surface area contributed by atoms with E-state index in [9.17, 15) is 9.59 Å². The zero-order valence-electron chi connectivity index (χ0n) is 14.5. The van der Waals surface area contributed by atoms with Crippen LogP contribution in [0.2, 0.25) is 0 Å². The third kappa shape index (κ3) is 3.37. The minimum Gasteiger partial charge on any atom is -0.497 e. The zero-order valence-corrected chi connectivity index (χ0v) is 14.5. The summed E-state index contributed by atoms with van der Waals surface area (Å²) in [6.45, 7) is 0. The fourth-order valence-corrected chi connectivity index (χ4v) is 2.88. The van der Waals surface area contributed by atoms with E-state index >= 15 is 0 Å². The molecule has 0 bridgehead atoms. The highest BCUT2D eigenvalue weighted by molar-refractivity contribution is 6.01. The molecule has 2 heterocycles. The molecule has 1 aromatic heterocycles. The van der Waals surface area contributed by atoms with Gasteiger partial charge in [0.25, 0.3) is 5.91 Å². The molecule has 0 spiro atoms. The van der Waals surface area contributed by atoms with E-state index in [0.29, 0.717) is 23.2 Å². The van der Waals surface area contributed by atoms with E-state index in [1.54, 1.807) is 31.4 Å². The second-order valence-corrected chi connectivity index (χ2v) is 6.06. The lowest BCUT2D eigenvalue weighted by Crippen LogP contribution is -2.23. The first-order chi connectivity index (χ1) is 13.1. The van der Waals surface area contributed by atoms with Gasteiger partial charge in [-0.05, 0) is 24.3 Å². The Kier molecular flexibility index (Phi) is 4.29. The molecular formula is C19H17N5O3. The Bertz CT molecular complexity index is 982. The number of benzene rings is 2. The molecule has 0 saturated carbocycles. The van der Waals surface area contributed by atoms with E-state index in [2.05, 4.69) is 20.7 Å². The van der Waals surface area contributed by atoms with Gasteiger partial charge >= 0.3 is 0 Å². The molecule has 8 nitrogen and oxygen atoms in total. The first kappa shape index (κ1) is 16.8. The largest absolute Gasteiger partial charge is 0.497 e. The Morgan fingerprint density at radius 2 is 1.93 bits per heavy atom. The van der Waals surface area contributed by atoms with Crippen LogP contribution >= 0.6 is 0 Å². The molecule has 0 fully saturated rings. The van der Waals surface area contributed by atoms with Crippen molar-refractivity contribution in [1.82, 2.24) is 14.8 Å². The zero-order chi connectivity index (χ0) is 18.8. The van der Waals surface area contributed by atoms with Gasteiger partial charge in [-0.25, -0.2) is 4.68 Å². The first-order valence-electron chi connectivity index (χ1n) is 8.41. The quantitative estimate of drug-likeness (QED) is 0.726. The number of fused-ring (bicyclic) bond motifs is 1. The number of hydrogen-bond acceptors (Lipinski definition) is 5. The molecule has 8 heteroatoms. The average molecular weight is 363 g/mol. The standard InChI is InChI=1S/C19H17N5O3/c1-27-14-9-7-13(8-10-14)20-16(25)11-15-18(26)22-19-21-17(23-24(15)19)12-5-3-2-4-6-12/h2-10,15H,11H2,1H3,(H,20,25)(H,21,22,23,26)/t15-/m0/s1. The minimum atomic E-state index is -0.733. The summed E-state index contributed by atoms with van der Waals surface area (Å²) in [5, 5.41) is 9.85. The van der Waals surface area contributed by atoms with Crippen molar-refractivity contribution in [2.45, 2.75) is 12.5 Å². The molecule has 3 aromatic rings. The van der Waals surface area contributed by atoms with Crippen molar-refractivity contribution in [3.8, 4) is 17.1 Å². The number of hydrogen-bond donors (Lipinski definition) is 2. The number of carbonyl (C=O) groups is 2. The number of carbonyl (C=O) groups excluding carboxylic acids is 2. The number of amides is 2. The van der Waals surface area contributed by atoms with Crippen LogP contribution < -0.4 is 15.4 Å². The van der Waals surface area contributed by atoms with Gasteiger partial charge in [0.2, 0.25) is 11.9 Å². The van der Waals surface area contributed by atoms with Gasteiger partial charge in [-0.2, -0.15) is 4.98 Å². The van der Waals surface area contributed by atoms with Gasteiger partial charge in [0.15, 0.2) is 5.82 Å². The summed E-state index contributed by atoms with van der Waals surface area (Å²) in [4.78, 5) is 28.9. The van der Waals surface area contributed by atoms with Gasteiger partial charge in [-0.1, -0.05) is 30.3 Å². The summed E-state index contributed by atoms with van der Waals surface area (Å²) in [6.07, 6.45) is -0.0392. The van der Waals surface area contributed by atoms with E-state index < -0.39 is 6.04 Å². The maximum atomic E-state index is 12.4. The third-order valence-electron chi connectivity index (χ3n) is 4.25. The summed E-state index contributed by atoms with van der Waals surface area (Å²) in [5.41, 5.74) is 1.47. The number of anilines is 2. The second kappa shape index (κ2) is 6.91. The molecule has 4 rings (SSSR count). The Morgan fingerprint density at radius 1 is 1.19 bits per heavy atom. The molecular weight excluding hydrogens is 346 g/mol. The maximum Gasteiger partial charge on any atom is 0.252 e. The van der Waals surface area contributed by atoms with Gasteiger partial charge in [-0.15, -0.1) is 5.10 Å². The highest BCUT2D eigenvalue weighted by Gasteiger charge is 2.35. The number of rotatable bonds is 5. The van der Waals surface area contributed by atoms with E-state index in [0.717, 1.165) is 5.56 Å². The number of methoxy groups -OCH3 is 1. The van der Waals surface area contributed by atoms with Crippen LogP contribution in [0, 0.1) is 0 Å². The maximum absolute atomic E-state index is 12.4. The summed E-state index contributed by atoms with van der Waals surface area (Å²) < 4.78 is 6.56. The van der Waals surface area contributed by atoms with Crippen LogP contribution in [0.5, 0.6) is 5.75 Å². The molecule has 2 aromatic carbocycles. The van der Waals surface area contributed by atoms with Crippen LogP contribution in [0.25, 0.3) is 11.4 Å². The summed E-state index contributed by atoms with van der Waals surface area (Å²) in [5.74, 6) is 0.968. The Morgan fingerprint density at radius 3 is 2.63 bits per heavy atom. The predicted octanol–water partition coefficient (Wildman–Crippen LogP) is 2.48. The molecule has 2 N–H and O–H groups in total. The van der Waals surface area contributed by atoms with Crippen molar-refractivity contribution in [2.75, 3.05) is 17.7 Å². The number of nitrogens with one attached hydrogen (secondary N) is 2. The van der Waals surface area contributed by atoms with E-state index in [1.807, 2.05) is 30.3 Å². The molecule has 0 unspecified atom stereocenters. The lowest BCUT2D eigenvalue weighted by molar-refractivity contribution is -0.123. The van der Waals surface area contributed by atoms with Crippen molar-refractivity contribution in [3.63, 3.8) is 0 Å². The highest BCUT2D eigenvalue weighted by atomic mass is 16.5. The molecule has 1 aliphatic rings. The van der Waals surface area contributed by atoms with Crippen molar-refractivity contribution in [1.29, 1.82) is 0 Å². The van der Waals surface area contributed by atoms with E-state index in [-0.39, 0.29) is 18.2 Å². The molecule has 27 heavy (non-hydrogen) atoms. The highest BCUT2D eigenvalue weighted by Crippen LogP contribution is 2.28. The van der Waals surface area contributed by atoms with Crippen LogP contribution in [-0.4, -0.2) is 33.7 Å². The van der Waals surface area contributed by atoms with Gasteiger partial charge in [-0.3, -0.25) is 14.9 Å². The normalized spacial score (nSPS) is 15.1. The van der Waals surface area contributed by atoms with Gasteiger partial charge < -0.3 is 10.1 Å². The van der Waals surface area contributed by atoms with Crippen LogP contribution in [0.3, 0.4) is 0 Å². The summed E-state index contributed by atoms with van der Waals surface area (Å²) in [7, 11) is 1.58.